The molecule has 0 saturated heterocycles. The third-order valence-electron chi connectivity index (χ3n) is 2.46. The average molecular weight is 310 g/mol. The molecule has 0 fully saturated rings. The van der Waals surface area contributed by atoms with Gasteiger partial charge in [-0.1, -0.05) is 0 Å². The highest BCUT2D eigenvalue weighted by molar-refractivity contribution is 5.89. The van der Waals surface area contributed by atoms with E-state index in [4.69, 9.17) is 5.11 Å². The Kier molecular flexibility index (Phi) is 3.39. The van der Waals surface area contributed by atoms with Crippen molar-refractivity contribution in [2.75, 3.05) is 0 Å². The maximum atomic E-state index is 13.5. The van der Waals surface area contributed by atoms with E-state index in [1.54, 1.807) is 0 Å². The van der Waals surface area contributed by atoms with Crippen LogP contribution in [0.15, 0.2) is 18.3 Å². The van der Waals surface area contributed by atoms with E-state index in [1.807, 2.05) is 0 Å². The van der Waals surface area contributed by atoms with Crippen LogP contribution in [0.5, 0.6) is 0 Å². The summed E-state index contributed by atoms with van der Waals surface area (Å²) < 4.78 is 78.2. The number of benzene rings is 1. The van der Waals surface area contributed by atoms with Gasteiger partial charge in [0.25, 0.3) is 0 Å². The first kappa shape index (κ1) is 14.9. The minimum atomic E-state index is -5.24. The molecule has 0 atom stereocenters. The predicted molar refractivity (Wildman–Crippen MR) is 55.4 cm³/mol. The van der Waals surface area contributed by atoms with E-state index >= 15 is 0 Å². The number of aromatic nitrogens is 2. The summed E-state index contributed by atoms with van der Waals surface area (Å²) in [5, 5.41) is 11.7. The maximum absolute atomic E-state index is 13.5. The molecule has 0 radical (unpaired) electrons. The van der Waals surface area contributed by atoms with Crippen LogP contribution in [0.4, 0.5) is 26.3 Å². The van der Waals surface area contributed by atoms with Gasteiger partial charge in [0.1, 0.15) is 17.1 Å². The fourth-order valence-electron chi connectivity index (χ4n) is 1.68. The van der Waals surface area contributed by atoms with Crippen molar-refractivity contribution in [1.29, 1.82) is 0 Å². The number of alkyl halides is 3. The molecule has 0 aliphatic rings. The van der Waals surface area contributed by atoms with Crippen molar-refractivity contribution in [2.24, 2.45) is 0 Å². The molecule has 1 aromatic carbocycles. The lowest BCUT2D eigenvalue weighted by molar-refractivity contribution is -0.143. The van der Waals surface area contributed by atoms with E-state index in [0.29, 0.717) is 6.20 Å². The van der Waals surface area contributed by atoms with Crippen LogP contribution < -0.4 is 0 Å². The number of rotatable bonds is 2. The lowest BCUT2D eigenvalue weighted by Gasteiger charge is -2.12. The lowest BCUT2D eigenvalue weighted by atomic mass is 10.2. The minimum absolute atomic E-state index is 0.153. The quantitative estimate of drug-likeness (QED) is 0.868. The van der Waals surface area contributed by atoms with Crippen LogP contribution in [0.2, 0.25) is 0 Å². The second kappa shape index (κ2) is 4.79. The highest BCUT2D eigenvalue weighted by Gasteiger charge is 2.41. The van der Waals surface area contributed by atoms with Crippen LogP contribution >= 0.6 is 0 Å². The first-order valence-corrected chi connectivity index (χ1v) is 5.16. The molecule has 0 bridgehead atoms. The minimum Gasteiger partial charge on any atom is -0.478 e. The molecule has 1 heterocycles. The fourth-order valence-corrected chi connectivity index (χ4v) is 1.68. The molecular weight excluding hydrogens is 306 g/mol. The van der Waals surface area contributed by atoms with E-state index < -0.39 is 46.5 Å². The summed E-state index contributed by atoms with van der Waals surface area (Å²) in [5.41, 5.74) is -4.48. The third kappa shape index (κ3) is 2.56. The van der Waals surface area contributed by atoms with Gasteiger partial charge in [0.15, 0.2) is 17.3 Å². The van der Waals surface area contributed by atoms with Gasteiger partial charge in [-0.2, -0.15) is 18.3 Å². The Hall–Kier alpha value is -2.52. The van der Waals surface area contributed by atoms with Crippen molar-refractivity contribution in [3.05, 3.63) is 47.0 Å². The van der Waals surface area contributed by atoms with Crippen LogP contribution in [0.3, 0.4) is 0 Å². The van der Waals surface area contributed by atoms with Gasteiger partial charge in [0.05, 0.1) is 6.20 Å². The smallest absolute Gasteiger partial charge is 0.434 e. The topological polar surface area (TPSA) is 55.1 Å². The Balaban J connectivity index is 2.80. The van der Waals surface area contributed by atoms with E-state index in [1.165, 1.54) is 0 Å². The fraction of sp³-hybridized carbons (Fsp3) is 0.0909. The molecule has 1 N–H and O–H groups in total. The second-order valence-electron chi connectivity index (χ2n) is 3.84. The average Bonchev–Trinajstić information content (AvgIpc) is 2.71. The van der Waals surface area contributed by atoms with Crippen LogP contribution in [0, 0.1) is 17.5 Å². The van der Waals surface area contributed by atoms with Crippen LogP contribution in [-0.2, 0) is 6.18 Å². The molecule has 0 saturated carbocycles. The summed E-state index contributed by atoms with van der Waals surface area (Å²) in [6, 6.07) is 0.307. The Morgan fingerprint density at radius 1 is 1.14 bits per heavy atom. The summed E-state index contributed by atoms with van der Waals surface area (Å²) >= 11 is 0. The zero-order valence-corrected chi connectivity index (χ0v) is 9.75. The molecule has 1 aromatic heterocycles. The largest absolute Gasteiger partial charge is 0.478 e. The molecule has 4 nitrogen and oxygen atoms in total. The molecule has 10 heteroatoms. The standard InChI is InChI=1S/C11H4F6N2O2/c12-4-1-6(13)8(7(14)2-4)19-9(11(15,16)17)5(3-18-19)10(20)21/h1-3H,(H,20,21). The van der Waals surface area contributed by atoms with Crippen molar-refractivity contribution >= 4 is 5.97 Å². The summed E-state index contributed by atoms with van der Waals surface area (Å²) in [6.07, 6.45) is -4.94. The number of carboxylic acid groups (broad SMARTS) is 1. The monoisotopic (exact) mass is 310 g/mol. The summed E-state index contributed by atoms with van der Waals surface area (Å²) in [4.78, 5) is 10.7. The van der Waals surface area contributed by atoms with E-state index in [9.17, 15) is 31.1 Å². The zero-order valence-electron chi connectivity index (χ0n) is 9.75. The van der Waals surface area contributed by atoms with Gasteiger partial charge >= 0.3 is 12.1 Å². The Morgan fingerprint density at radius 2 is 1.67 bits per heavy atom. The van der Waals surface area contributed by atoms with E-state index in [-0.39, 0.29) is 16.8 Å². The van der Waals surface area contributed by atoms with Crippen molar-refractivity contribution in [2.45, 2.75) is 6.18 Å². The summed E-state index contributed by atoms with van der Waals surface area (Å²) in [6.45, 7) is 0. The molecule has 21 heavy (non-hydrogen) atoms. The van der Waals surface area contributed by atoms with Crippen molar-refractivity contribution in [3.8, 4) is 5.69 Å². The molecule has 0 aliphatic heterocycles. The van der Waals surface area contributed by atoms with Crippen LogP contribution in [0.25, 0.3) is 5.69 Å². The number of hydrogen-bond donors (Lipinski definition) is 1. The highest BCUT2D eigenvalue weighted by Crippen LogP contribution is 2.34. The molecule has 112 valence electrons. The van der Waals surface area contributed by atoms with Gasteiger partial charge in [-0.3, -0.25) is 0 Å². The predicted octanol–water partition coefficient (Wildman–Crippen LogP) is 3.01. The maximum Gasteiger partial charge on any atom is 0.434 e. The number of halogens is 6. The van der Waals surface area contributed by atoms with Gasteiger partial charge in [-0.15, -0.1) is 0 Å². The second-order valence-corrected chi connectivity index (χ2v) is 3.84. The van der Waals surface area contributed by atoms with Gasteiger partial charge in [-0.25, -0.2) is 22.6 Å². The normalized spacial score (nSPS) is 11.7. The molecule has 0 unspecified atom stereocenters. The number of carbonyl (C=O) groups is 1. The Labute approximate surface area is 112 Å². The summed E-state index contributed by atoms with van der Waals surface area (Å²) in [5.74, 6) is -6.62. The van der Waals surface area contributed by atoms with Crippen LogP contribution in [0.1, 0.15) is 16.1 Å². The zero-order chi connectivity index (χ0) is 15.9. The number of carboxylic acids is 1. The lowest BCUT2D eigenvalue weighted by Crippen LogP contribution is -2.19. The van der Waals surface area contributed by atoms with Gasteiger partial charge < -0.3 is 5.11 Å². The van der Waals surface area contributed by atoms with Crippen molar-refractivity contribution in [3.63, 3.8) is 0 Å². The van der Waals surface area contributed by atoms with E-state index in [0.717, 1.165) is 0 Å². The molecular formula is C11H4F6N2O2. The van der Waals surface area contributed by atoms with Crippen LogP contribution in [-0.4, -0.2) is 20.9 Å². The van der Waals surface area contributed by atoms with Crippen molar-refractivity contribution < 1.29 is 36.2 Å². The number of nitrogens with zero attached hydrogens (tertiary/aromatic N) is 2. The first-order valence-electron chi connectivity index (χ1n) is 5.16. The Bertz CT molecular complexity index is 699. The van der Waals surface area contributed by atoms with E-state index in [2.05, 4.69) is 5.10 Å². The molecule has 0 aliphatic carbocycles. The number of aromatic carboxylic acids is 1. The molecule has 2 rings (SSSR count). The summed E-state index contributed by atoms with van der Waals surface area (Å²) in [7, 11) is 0. The molecule has 2 aromatic rings. The molecule has 0 spiro atoms. The Morgan fingerprint density at radius 3 is 2.10 bits per heavy atom. The first-order chi connectivity index (χ1) is 9.62. The van der Waals surface area contributed by atoms with Gasteiger partial charge in [0.2, 0.25) is 0 Å². The van der Waals surface area contributed by atoms with Crippen molar-refractivity contribution in [1.82, 2.24) is 9.78 Å². The third-order valence-corrected chi connectivity index (χ3v) is 2.46. The molecule has 0 amide bonds. The van der Waals surface area contributed by atoms with Gasteiger partial charge in [-0.05, 0) is 0 Å². The number of hydrogen-bond acceptors (Lipinski definition) is 2. The van der Waals surface area contributed by atoms with Gasteiger partial charge in [0, 0.05) is 12.1 Å². The highest BCUT2D eigenvalue weighted by atomic mass is 19.4. The SMILES string of the molecule is O=C(O)c1cnn(-c2c(F)cc(F)cc2F)c1C(F)(F)F.